The maximum atomic E-state index is 2.51. The Morgan fingerprint density at radius 2 is 0.762 bits per heavy atom. The van der Waals surface area contributed by atoms with Crippen LogP contribution in [0, 0.1) is 0 Å². The average Bonchev–Trinajstić information content (AvgIpc) is 3.65. The summed E-state index contributed by atoms with van der Waals surface area (Å²) in [4.78, 5) is 4.95. The van der Waals surface area contributed by atoms with Crippen LogP contribution in [0.3, 0.4) is 0 Å². The fourth-order valence-electron chi connectivity index (χ4n) is 11.1. The minimum absolute atomic E-state index is 0.580. The van der Waals surface area contributed by atoms with E-state index in [0.29, 0.717) is 0 Å². The molecule has 63 heavy (non-hydrogen) atoms. The van der Waals surface area contributed by atoms with Gasteiger partial charge in [0.05, 0.1) is 22.5 Å². The number of para-hydroxylation sites is 4. The number of hydrogen-bond acceptors (Lipinski definition) is 2. The first-order valence-corrected chi connectivity index (χ1v) is 21.9. The molecule has 11 aromatic carbocycles. The smallest absolute Gasteiger partial charge is 0.0755 e. The molecule has 0 unspecified atom stereocenters. The van der Waals surface area contributed by atoms with Crippen LogP contribution in [0.25, 0.3) is 54.6 Å². The van der Waals surface area contributed by atoms with Gasteiger partial charge in [0.2, 0.25) is 0 Å². The monoisotopic (exact) mass is 800 g/mol. The van der Waals surface area contributed by atoms with E-state index in [9.17, 15) is 0 Å². The van der Waals surface area contributed by atoms with Gasteiger partial charge in [-0.05, 0) is 126 Å². The zero-order valence-corrected chi connectivity index (χ0v) is 34.5. The number of benzene rings is 11. The predicted molar refractivity (Wildman–Crippen MR) is 265 cm³/mol. The third-order valence-corrected chi connectivity index (χ3v) is 13.6. The second-order valence-electron chi connectivity index (χ2n) is 16.8. The Kier molecular flexibility index (Phi) is 7.85. The number of hydrogen-bond donors (Lipinski definition) is 0. The molecule has 0 saturated carbocycles. The molecule has 0 amide bonds. The van der Waals surface area contributed by atoms with E-state index in [0.717, 1.165) is 22.7 Å². The van der Waals surface area contributed by atoms with Gasteiger partial charge in [-0.2, -0.15) is 0 Å². The van der Waals surface area contributed by atoms with E-state index in [1.165, 1.54) is 88.2 Å². The highest BCUT2D eigenvalue weighted by atomic mass is 15.2. The largest absolute Gasteiger partial charge is 0.310 e. The van der Waals surface area contributed by atoms with E-state index in [1.54, 1.807) is 0 Å². The lowest BCUT2D eigenvalue weighted by atomic mass is 9.64. The van der Waals surface area contributed by atoms with Crippen molar-refractivity contribution >= 4 is 66.4 Å². The summed E-state index contributed by atoms with van der Waals surface area (Å²) in [6.07, 6.45) is 0. The molecule has 2 nitrogen and oxygen atoms in total. The van der Waals surface area contributed by atoms with Crippen LogP contribution in [-0.2, 0) is 5.41 Å². The van der Waals surface area contributed by atoms with Crippen LogP contribution in [0.4, 0.5) is 34.1 Å². The third-order valence-electron chi connectivity index (χ3n) is 13.6. The molecule has 0 aromatic heterocycles. The van der Waals surface area contributed by atoms with Gasteiger partial charge in [-0.15, -0.1) is 0 Å². The Bertz CT molecular complexity index is 3510. The first kappa shape index (κ1) is 35.5. The predicted octanol–water partition coefficient (Wildman–Crippen LogP) is 16.4. The summed E-state index contributed by atoms with van der Waals surface area (Å²) in [6, 6.07) is 89.7. The fraction of sp³-hybridized carbons (Fsp3) is 0.0164. The molecule has 0 radical (unpaired) electrons. The SMILES string of the molecule is c1ccc(-c2ccccc2N(c2ccc3c(c2)C2(c4ccccc4-3)c3ccccc3N(c3ccccc3)c3ccccc32)c2ccc3c4ccccc4c4ccccc4c3c2)cc1. The number of nitrogens with zero attached hydrogens (tertiary/aromatic N) is 2. The summed E-state index contributed by atoms with van der Waals surface area (Å²) in [5.74, 6) is 0. The molecule has 13 rings (SSSR count). The van der Waals surface area contributed by atoms with Gasteiger partial charge in [0.1, 0.15) is 0 Å². The normalized spacial score (nSPS) is 13.2. The maximum Gasteiger partial charge on any atom is 0.0755 e. The number of fused-ring (bicyclic) bond motifs is 15. The van der Waals surface area contributed by atoms with E-state index < -0.39 is 5.41 Å². The molecule has 0 atom stereocenters. The first-order valence-electron chi connectivity index (χ1n) is 21.9. The minimum Gasteiger partial charge on any atom is -0.310 e. The summed E-state index contributed by atoms with van der Waals surface area (Å²) in [6.45, 7) is 0. The van der Waals surface area contributed by atoms with Gasteiger partial charge in [0, 0.05) is 22.6 Å². The van der Waals surface area contributed by atoms with Gasteiger partial charge in [-0.3, -0.25) is 0 Å². The molecule has 0 bridgehead atoms. The molecule has 11 aromatic rings. The maximum absolute atomic E-state index is 2.51. The van der Waals surface area contributed by atoms with Crippen molar-refractivity contribution in [1.82, 2.24) is 0 Å². The van der Waals surface area contributed by atoms with Gasteiger partial charge >= 0.3 is 0 Å². The Labute approximate surface area is 367 Å². The number of anilines is 6. The molecule has 1 aliphatic carbocycles. The summed E-state index contributed by atoms with van der Waals surface area (Å²) < 4.78 is 0. The Balaban J connectivity index is 1.11. The van der Waals surface area contributed by atoms with Crippen LogP contribution in [0.15, 0.2) is 243 Å². The second-order valence-corrected chi connectivity index (χ2v) is 16.8. The molecule has 294 valence electrons. The quantitative estimate of drug-likeness (QED) is 0.160. The van der Waals surface area contributed by atoms with Gasteiger partial charge in [0.25, 0.3) is 0 Å². The summed E-state index contributed by atoms with van der Waals surface area (Å²) in [7, 11) is 0. The molecule has 1 aliphatic heterocycles. The summed E-state index contributed by atoms with van der Waals surface area (Å²) in [5, 5.41) is 7.57. The number of rotatable bonds is 5. The molecule has 0 N–H and O–H groups in total. The van der Waals surface area contributed by atoms with Crippen molar-refractivity contribution in [2.24, 2.45) is 0 Å². The van der Waals surface area contributed by atoms with Gasteiger partial charge < -0.3 is 9.80 Å². The van der Waals surface area contributed by atoms with E-state index in [1.807, 2.05) is 0 Å². The summed E-state index contributed by atoms with van der Waals surface area (Å²) in [5.41, 5.74) is 16.3. The molecule has 2 aliphatic rings. The fourth-order valence-corrected chi connectivity index (χ4v) is 11.1. The second kappa shape index (κ2) is 13.9. The van der Waals surface area contributed by atoms with Crippen LogP contribution in [0.1, 0.15) is 22.3 Å². The lowest BCUT2D eigenvalue weighted by Gasteiger charge is -2.45. The van der Waals surface area contributed by atoms with Crippen molar-refractivity contribution in [3.05, 3.63) is 265 Å². The van der Waals surface area contributed by atoms with Crippen molar-refractivity contribution in [2.45, 2.75) is 5.41 Å². The first-order chi connectivity index (χ1) is 31.3. The lowest BCUT2D eigenvalue weighted by Crippen LogP contribution is -2.36. The average molecular weight is 801 g/mol. The lowest BCUT2D eigenvalue weighted by molar-refractivity contribution is 0.752. The zero-order valence-electron chi connectivity index (χ0n) is 34.5. The standard InChI is InChI=1S/C61H40N2/c1-3-19-41(20-4-1)45-23-12-16-32-58(45)62(43-35-37-50-48-26-8-7-24-46(48)47-25-9-10-27-49(47)53(50)39-43)44-36-38-52-51-28-11-13-29-54(51)61(57(52)40-44)55-30-14-17-33-59(55)63(42-21-5-2-6-22-42)60-34-18-15-31-56(60)61/h1-40H. The minimum atomic E-state index is -0.580. The van der Waals surface area contributed by atoms with Gasteiger partial charge in [0.15, 0.2) is 0 Å². The Morgan fingerprint density at radius 1 is 0.302 bits per heavy atom. The van der Waals surface area contributed by atoms with Crippen molar-refractivity contribution in [2.75, 3.05) is 9.80 Å². The van der Waals surface area contributed by atoms with Crippen LogP contribution in [-0.4, -0.2) is 0 Å². The molecule has 0 fully saturated rings. The van der Waals surface area contributed by atoms with E-state index in [-0.39, 0.29) is 0 Å². The molecule has 0 saturated heterocycles. The molecule has 1 heterocycles. The van der Waals surface area contributed by atoms with Crippen LogP contribution < -0.4 is 9.80 Å². The highest BCUT2D eigenvalue weighted by Crippen LogP contribution is 2.64. The van der Waals surface area contributed by atoms with Gasteiger partial charge in [-0.1, -0.05) is 188 Å². The topological polar surface area (TPSA) is 6.48 Å². The van der Waals surface area contributed by atoms with Crippen molar-refractivity contribution < 1.29 is 0 Å². The van der Waals surface area contributed by atoms with E-state index >= 15 is 0 Å². The molecular weight excluding hydrogens is 761 g/mol. The molecule has 1 spiro atoms. The zero-order chi connectivity index (χ0) is 41.5. The van der Waals surface area contributed by atoms with E-state index in [2.05, 4.69) is 252 Å². The van der Waals surface area contributed by atoms with E-state index in [4.69, 9.17) is 0 Å². The summed E-state index contributed by atoms with van der Waals surface area (Å²) >= 11 is 0. The Hall–Kier alpha value is -8.20. The highest BCUT2D eigenvalue weighted by molar-refractivity contribution is 6.26. The molecule has 2 heteroatoms. The Morgan fingerprint density at radius 3 is 1.43 bits per heavy atom. The van der Waals surface area contributed by atoms with Gasteiger partial charge in [-0.25, -0.2) is 0 Å². The van der Waals surface area contributed by atoms with Crippen LogP contribution in [0.5, 0.6) is 0 Å². The molecular formula is C61H40N2. The van der Waals surface area contributed by atoms with Crippen molar-refractivity contribution in [1.29, 1.82) is 0 Å². The van der Waals surface area contributed by atoms with Crippen LogP contribution >= 0.6 is 0 Å². The van der Waals surface area contributed by atoms with Crippen LogP contribution in [0.2, 0.25) is 0 Å². The van der Waals surface area contributed by atoms with Crippen molar-refractivity contribution in [3.63, 3.8) is 0 Å². The third kappa shape index (κ3) is 5.13. The van der Waals surface area contributed by atoms with Crippen molar-refractivity contribution in [3.8, 4) is 22.3 Å². The highest BCUT2D eigenvalue weighted by Gasteiger charge is 2.51.